The highest BCUT2D eigenvalue weighted by atomic mass is 16.7. The standard InChI is InChI=1S/C34H60O2.C13H18O5/c1-29(33(35)36)34(30-23-17-11-5-2-6-12-18-24-30,31-25-19-13-7-3-8-14-20-26-31)32-27-21-15-9-4-10-16-22-28-32;1-9(12(14)15)6-7-10(2)13(16)18-11-5-3-4-8-17-11/h30-32H,1-28H2,(H,35,36);6,11H,2-5,7-8H2,1H3,(H,14,15). The maximum Gasteiger partial charge on any atom is 0.336 e. The number of hydrogen-bond acceptors (Lipinski definition) is 5. The second kappa shape index (κ2) is 26.4. The minimum Gasteiger partial charge on any atom is -0.478 e. The molecule has 0 radical (unpaired) electrons. The van der Waals surface area contributed by atoms with Gasteiger partial charge in [0.15, 0.2) is 0 Å². The van der Waals surface area contributed by atoms with Crippen molar-refractivity contribution >= 4 is 17.9 Å². The van der Waals surface area contributed by atoms with Crippen molar-refractivity contribution in [2.24, 2.45) is 23.2 Å². The minimum absolute atomic E-state index is 0.170. The normalized spacial score (nSPS) is 23.4. The van der Waals surface area contributed by atoms with Crippen molar-refractivity contribution in [1.82, 2.24) is 0 Å². The zero-order valence-corrected chi connectivity index (χ0v) is 34.4. The molecule has 4 fully saturated rings. The lowest BCUT2D eigenvalue weighted by Gasteiger charge is -2.53. The Morgan fingerprint density at radius 1 is 0.574 bits per heavy atom. The summed E-state index contributed by atoms with van der Waals surface area (Å²) >= 11 is 0. The van der Waals surface area contributed by atoms with Crippen LogP contribution < -0.4 is 0 Å². The van der Waals surface area contributed by atoms with Gasteiger partial charge in [0, 0.05) is 28.6 Å². The molecule has 0 amide bonds. The van der Waals surface area contributed by atoms with E-state index in [2.05, 4.69) is 13.2 Å². The van der Waals surface area contributed by atoms with Gasteiger partial charge in [-0.2, -0.15) is 0 Å². The molecule has 4 aliphatic rings. The molecule has 7 heteroatoms. The van der Waals surface area contributed by atoms with Crippen molar-refractivity contribution in [2.45, 2.75) is 212 Å². The molecule has 0 aromatic heterocycles. The number of carbonyl (C=O) groups is 3. The van der Waals surface area contributed by atoms with E-state index in [9.17, 15) is 19.5 Å². The van der Waals surface area contributed by atoms with Crippen LogP contribution in [0.25, 0.3) is 0 Å². The number of allylic oxidation sites excluding steroid dienone is 1. The van der Waals surface area contributed by atoms with Gasteiger partial charge < -0.3 is 19.7 Å². The Labute approximate surface area is 329 Å². The minimum atomic E-state index is -1.01. The quantitative estimate of drug-likeness (QED) is 0.169. The fourth-order valence-electron chi connectivity index (χ4n) is 10.2. The zero-order valence-electron chi connectivity index (χ0n) is 34.4. The van der Waals surface area contributed by atoms with E-state index in [0.717, 1.165) is 12.8 Å². The second-order valence-electron chi connectivity index (χ2n) is 17.2. The van der Waals surface area contributed by atoms with Crippen LogP contribution in [0.4, 0.5) is 0 Å². The third-order valence-electron chi connectivity index (χ3n) is 13.3. The van der Waals surface area contributed by atoms with Crippen molar-refractivity contribution in [3.05, 3.63) is 36.0 Å². The van der Waals surface area contributed by atoms with Gasteiger partial charge in [-0.25, -0.2) is 14.4 Å². The summed E-state index contributed by atoms with van der Waals surface area (Å²) in [5.41, 5.74) is 0.847. The number of aliphatic carboxylic acids is 2. The highest BCUT2D eigenvalue weighted by Crippen LogP contribution is 2.58. The first-order valence-corrected chi connectivity index (χ1v) is 22.5. The van der Waals surface area contributed by atoms with Crippen molar-refractivity contribution in [2.75, 3.05) is 6.61 Å². The van der Waals surface area contributed by atoms with E-state index in [0.29, 0.717) is 36.4 Å². The summed E-state index contributed by atoms with van der Waals surface area (Å²) in [6.07, 6.45) is 39.3. The molecule has 2 N–H and O–H groups in total. The molecule has 1 unspecified atom stereocenters. The molecule has 1 heterocycles. The van der Waals surface area contributed by atoms with Crippen LogP contribution in [0, 0.1) is 23.2 Å². The molecular weight excluding hydrogens is 677 g/mol. The molecule has 1 atom stereocenters. The van der Waals surface area contributed by atoms with E-state index in [1.807, 2.05) is 0 Å². The average Bonchev–Trinajstić information content (AvgIpc) is 3.18. The number of rotatable bonds is 10. The van der Waals surface area contributed by atoms with Crippen LogP contribution in [0.1, 0.15) is 206 Å². The topological polar surface area (TPSA) is 110 Å². The predicted molar refractivity (Wildman–Crippen MR) is 219 cm³/mol. The Bertz CT molecular complexity index is 1070. The summed E-state index contributed by atoms with van der Waals surface area (Å²) in [5.74, 6) is -0.676. The Morgan fingerprint density at radius 2 is 0.926 bits per heavy atom. The molecular formula is C47H78O7. The third-order valence-corrected chi connectivity index (χ3v) is 13.3. The number of ether oxygens (including phenoxy) is 2. The SMILES string of the molecule is C=C(C(=O)O)C(C1CCCCCCCCC1)(C1CCCCCCCCC1)C1CCCCCCCCC1.C=C(CC=C(C)C(=O)O)C(=O)OC1CCCCO1. The van der Waals surface area contributed by atoms with E-state index >= 15 is 0 Å². The first-order valence-electron chi connectivity index (χ1n) is 22.5. The van der Waals surface area contributed by atoms with Gasteiger partial charge in [-0.3, -0.25) is 0 Å². The van der Waals surface area contributed by atoms with Crippen LogP contribution in [0.3, 0.4) is 0 Å². The van der Waals surface area contributed by atoms with Gasteiger partial charge in [-0.15, -0.1) is 0 Å². The van der Waals surface area contributed by atoms with Crippen molar-refractivity contribution in [3.8, 4) is 0 Å². The molecule has 0 spiro atoms. The molecule has 1 saturated heterocycles. The molecule has 3 saturated carbocycles. The molecule has 1 aliphatic heterocycles. The van der Waals surface area contributed by atoms with Gasteiger partial charge in [-0.05, 0) is 82.5 Å². The molecule has 0 aromatic carbocycles. The molecule has 54 heavy (non-hydrogen) atoms. The first-order chi connectivity index (χ1) is 26.2. The first kappa shape index (κ1) is 46.0. The van der Waals surface area contributed by atoms with Crippen LogP contribution in [0.2, 0.25) is 0 Å². The van der Waals surface area contributed by atoms with Crippen LogP contribution in [-0.4, -0.2) is 41.0 Å². The molecule has 0 bridgehead atoms. The Morgan fingerprint density at radius 3 is 1.24 bits per heavy atom. The molecule has 3 aliphatic carbocycles. The molecule has 7 nitrogen and oxygen atoms in total. The van der Waals surface area contributed by atoms with Gasteiger partial charge in [-0.1, -0.05) is 154 Å². The maximum absolute atomic E-state index is 13.0. The van der Waals surface area contributed by atoms with Gasteiger partial charge in [0.05, 0.1) is 6.61 Å². The van der Waals surface area contributed by atoms with Crippen LogP contribution in [0.15, 0.2) is 36.0 Å². The van der Waals surface area contributed by atoms with Crippen molar-refractivity contribution in [1.29, 1.82) is 0 Å². The van der Waals surface area contributed by atoms with Gasteiger partial charge in [0.25, 0.3) is 0 Å². The summed E-state index contributed by atoms with van der Waals surface area (Å²) in [6, 6.07) is 0. The smallest absolute Gasteiger partial charge is 0.336 e. The van der Waals surface area contributed by atoms with Gasteiger partial charge >= 0.3 is 17.9 Å². The summed E-state index contributed by atoms with van der Waals surface area (Å²) in [4.78, 5) is 35.2. The highest BCUT2D eigenvalue weighted by Gasteiger charge is 2.52. The van der Waals surface area contributed by atoms with Crippen LogP contribution in [-0.2, 0) is 23.9 Å². The number of carboxylic acids is 2. The molecule has 0 aromatic rings. The zero-order chi connectivity index (χ0) is 39.0. The van der Waals surface area contributed by atoms with Crippen LogP contribution in [0.5, 0.6) is 0 Å². The maximum atomic E-state index is 13.0. The molecule has 308 valence electrons. The summed E-state index contributed by atoms with van der Waals surface area (Å²) in [7, 11) is 0. The van der Waals surface area contributed by atoms with Crippen LogP contribution >= 0.6 is 0 Å². The lowest BCUT2D eigenvalue weighted by Crippen LogP contribution is -2.48. The van der Waals surface area contributed by atoms with E-state index in [1.165, 1.54) is 186 Å². The Kier molecular flexibility index (Phi) is 22.5. The highest BCUT2D eigenvalue weighted by molar-refractivity contribution is 5.89. The number of carboxylic acid groups (broad SMARTS) is 2. The fraction of sp³-hybridized carbons (Fsp3) is 0.809. The van der Waals surface area contributed by atoms with Gasteiger partial charge in [0.1, 0.15) is 0 Å². The van der Waals surface area contributed by atoms with E-state index in [4.69, 9.17) is 14.6 Å². The lowest BCUT2D eigenvalue weighted by molar-refractivity contribution is -0.182. The number of hydrogen-bond donors (Lipinski definition) is 2. The second-order valence-corrected chi connectivity index (χ2v) is 17.2. The average molecular weight is 755 g/mol. The fourth-order valence-corrected chi connectivity index (χ4v) is 10.2. The monoisotopic (exact) mass is 755 g/mol. The number of esters is 1. The third kappa shape index (κ3) is 15.6. The van der Waals surface area contributed by atoms with E-state index < -0.39 is 24.2 Å². The summed E-state index contributed by atoms with van der Waals surface area (Å²) in [5, 5.41) is 19.3. The Balaban J connectivity index is 0.000000366. The molecule has 4 rings (SSSR count). The lowest BCUT2D eigenvalue weighted by atomic mass is 9.50. The van der Waals surface area contributed by atoms with Crippen molar-refractivity contribution < 1.29 is 34.1 Å². The van der Waals surface area contributed by atoms with Crippen molar-refractivity contribution in [3.63, 3.8) is 0 Å². The predicted octanol–water partition coefficient (Wildman–Crippen LogP) is 13.1. The van der Waals surface area contributed by atoms with E-state index in [1.54, 1.807) is 0 Å². The van der Waals surface area contributed by atoms with Gasteiger partial charge in [0.2, 0.25) is 6.29 Å². The Hall–Kier alpha value is -2.41. The summed E-state index contributed by atoms with van der Waals surface area (Å²) in [6.45, 7) is 10.2. The number of carbonyl (C=O) groups excluding carboxylic acids is 1. The summed E-state index contributed by atoms with van der Waals surface area (Å²) < 4.78 is 10.4. The largest absolute Gasteiger partial charge is 0.478 e. The van der Waals surface area contributed by atoms with E-state index in [-0.39, 0.29) is 23.0 Å².